The van der Waals surface area contributed by atoms with Crippen LogP contribution in [0.4, 0.5) is 0 Å². The molecule has 0 aliphatic heterocycles. The first-order valence-corrected chi connectivity index (χ1v) is 4.09. The molecule has 0 aromatic carbocycles. The molecule has 3 nitrogen and oxygen atoms in total. The van der Waals surface area contributed by atoms with Crippen LogP contribution in [0, 0.1) is 3.57 Å². The summed E-state index contributed by atoms with van der Waals surface area (Å²) in [5.74, 6) is -1.24. The normalized spacial score (nSPS) is 8.83. The third-order valence-electron chi connectivity index (χ3n) is 1.03. The van der Waals surface area contributed by atoms with E-state index in [1.165, 1.54) is 12.3 Å². The molecule has 0 unspecified atom stereocenters. The Labute approximate surface area is 110 Å². The summed E-state index contributed by atoms with van der Waals surface area (Å²) < 4.78 is 0.603. The van der Waals surface area contributed by atoms with E-state index in [0.717, 1.165) is 0 Å². The summed E-state index contributed by atoms with van der Waals surface area (Å²) >= 11 is 7.45. The SMILES string of the molecule is O=C([O-])c1cnc(Cl)c(I)c1.[Na+]. The van der Waals surface area contributed by atoms with Gasteiger partial charge in [-0.1, -0.05) is 11.6 Å². The Bertz CT molecular complexity index is 308. The van der Waals surface area contributed by atoms with Gasteiger partial charge in [0.05, 0.1) is 9.54 Å². The van der Waals surface area contributed by atoms with Crippen molar-refractivity contribution in [1.29, 1.82) is 0 Å². The zero-order valence-electron chi connectivity index (χ0n) is 6.17. The van der Waals surface area contributed by atoms with Crippen LogP contribution in [0.2, 0.25) is 5.15 Å². The summed E-state index contributed by atoms with van der Waals surface area (Å²) in [5.41, 5.74) is 0.0406. The molecule has 6 heteroatoms. The van der Waals surface area contributed by atoms with Crippen LogP contribution in [0.3, 0.4) is 0 Å². The number of carbonyl (C=O) groups excluding carboxylic acids is 1. The number of nitrogens with zero attached hydrogens (tertiary/aromatic N) is 1. The Hall–Kier alpha value is 0.640. The van der Waals surface area contributed by atoms with Crippen LogP contribution in [-0.4, -0.2) is 11.0 Å². The maximum atomic E-state index is 10.3. The van der Waals surface area contributed by atoms with Gasteiger partial charge < -0.3 is 9.90 Å². The van der Waals surface area contributed by atoms with E-state index in [9.17, 15) is 9.90 Å². The van der Waals surface area contributed by atoms with Crippen molar-refractivity contribution in [3.05, 3.63) is 26.5 Å². The first-order valence-electron chi connectivity index (χ1n) is 2.63. The number of carboxylic acid groups (broad SMARTS) is 1. The van der Waals surface area contributed by atoms with E-state index >= 15 is 0 Å². The summed E-state index contributed by atoms with van der Waals surface area (Å²) in [5, 5.41) is 10.6. The Balaban J connectivity index is 0.00000121. The van der Waals surface area contributed by atoms with Gasteiger partial charge in [-0.25, -0.2) is 4.98 Å². The number of aromatic nitrogens is 1. The third-order valence-corrected chi connectivity index (χ3v) is 2.47. The molecule has 0 bridgehead atoms. The molecule has 0 saturated carbocycles. The second kappa shape index (κ2) is 5.39. The topological polar surface area (TPSA) is 53.0 Å². The van der Waals surface area contributed by atoms with Gasteiger partial charge in [-0.2, -0.15) is 0 Å². The van der Waals surface area contributed by atoms with Gasteiger partial charge in [0.15, 0.2) is 0 Å². The van der Waals surface area contributed by atoms with Gasteiger partial charge in [0, 0.05) is 11.8 Å². The minimum absolute atomic E-state index is 0. The third kappa shape index (κ3) is 3.18. The molecule has 0 radical (unpaired) electrons. The van der Waals surface area contributed by atoms with E-state index in [1.807, 2.05) is 22.6 Å². The molecule has 1 aromatic rings. The molecular formula is C6H2ClINNaO2. The molecule has 58 valence electrons. The molecule has 0 spiro atoms. The maximum Gasteiger partial charge on any atom is 1.00 e. The van der Waals surface area contributed by atoms with Crippen LogP contribution in [0.15, 0.2) is 12.3 Å². The van der Waals surface area contributed by atoms with E-state index in [4.69, 9.17) is 11.6 Å². The summed E-state index contributed by atoms with van der Waals surface area (Å²) in [6.45, 7) is 0. The molecular weight excluding hydrogens is 303 g/mol. The predicted octanol–water partition coefficient (Wildman–Crippen LogP) is -2.29. The van der Waals surface area contributed by atoms with Crippen molar-refractivity contribution < 1.29 is 39.5 Å². The average Bonchev–Trinajstić information content (AvgIpc) is 1.94. The van der Waals surface area contributed by atoms with Gasteiger partial charge in [0.25, 0.3) is 0 Å². The maximum absolute atomic E-state index is 10.3. The summed E-state index contributed by atoms with van der Waals surface area (Å²) in [4.78, 5) is 13.9. The summed E-state index contributed by atoms with van der Waals surface area (Å²) in [6.07, 6.45) is 1.17. The number of halogens is 2. The molecule has 0 amide bonds. The molecule has 1 heterocycles. The quantitative estimate of drug-likeness (QED) is 0.333. The van der Waals surface area contributed by atoms with E-state index in [0.29, 0.717) is 8.72 Å². The van der Waals surface area contributed by atoms with Crippen molar-refractivity contribution in [3.8, 4) is 0 Å². The Kier molecular flexibility index (Phi) is 5.67. The molecule has 0 fully saturated rings. The van der Waals surface area contributed by atoms with E-state index in [1.54, 1.807) is 0 Å². The molecule has 0 aliphatic carbocycles. The van der Waals surface area contributed by atoms with Gasteiger partial charge in [-0.3, -0.25) is 0 Å². The second-order valence-corrected chi connectivity index (χ2v) is 3.30. The van der Waals surface area contributed by atoms with Crippen LogP contribution in [0.25, 0.3) is 0 Å². The molecule has 0 saturated heterocycles. The molecule has 0 atom stereocenters. The second-order valence-electron chi connectivity index (χ2n) is 1.78. The number of carbonyl (C=O) groups is 1. The van der Waals surface area contributed by atoms with Crippen LogP contribution in [0.5, 0.6) is 0 Å². The molecule has 0 aliphatic rings. The van der Waals surface area contributed by atoms with Gasteiger partial charge >= 0.3 is 29.6 Å². The molecule has 0 N–H and O–H groups in total. The fourth-order valence-electron chi connectivity index (χ4n) is 0.533. The fraction of sp³-hybridized carbons (Fsp3) is 0. The van der Waals surface area contributed by atoms with Crippen molar-refractivity contribution in [1.82, 2.24) is 4.98 Å². The first-order chi connectivity index (χ1) is 5.11. The minimum atomic E-state index is -1.24. The van der Waals surface area contributed by atoms with Crippen molar-refractivity contribution in [2.24, 2.45) is 0 Å². The molecule has 1 aromatic heterocycles. The van der Waals surface area contributed by atoms with E-state index in [-0.39, 0.29) is 35.1 Å². The number of pyridine rings is 1. The van der Waals surface area contributed by atoms with E-state index < -0.39 is 5.97 Å². The van der Waals surface area contributed by atoms with Gasteiger partial charge in [-0.05, 0) is 28.7 Å². The monoisotopic (exact) mass is 305 g/mol. The van der Waals surface area contributed by atoms with Crippen LogP contribution in [0.1, 0.15) is 10.4 Å². The number of hydrogen-bond donors (Lipinski definition) is 0. The number of carboxylic acids is 1. The molecule has 1 rings (SSSR count). The summed E-state index contributed by atoms with van der Waals surface area (Å²) in [6, 6.07) is 1.41. The largest absolute Gasteiger partial charge is 1.00 e. The van der Waals surface area contributed by atoms with Gasteiger partial charge in [0.1, 0.15) is 5.15 Å². The number of rotatable bonds is 1. The zero-order chi connectivity index (χ0) is 8.43. The van der Waals surface area contributed by atoms with Crippen LogP contribution >= 0.6 is 34.2 Å². The van der Waals surface area contributed by atoms with Crippen LogP contribution < -0.4 is 34.7 Å². The number of aromatic carboxylic acids is 1. The van der Waals surface area contributed by atoms with Gasteiger partial charge in [0.2, 0.25) is 0 Å². The first kappa shape index (κ1) is 12.6. The zero-order valence-corrected chi connectivity index (χ0v) is 11.1. The predicted molar refractivity (Wildman–Crippen MR) is 46.3 cm³/mol. The average molecular weight is 305 g/mol. The Morgan fingerprint density at radius 1 is 1.67 bits per heavy atom. The van der Waals surface area contributed by atoms with Crippen LogP contribution in [-0.2, 0) is 0 Å². The van der Waals surface area contributed by atoms with Crippen molar-refractivity contribution in [2.45, 2.75) is 0 Å². The number of hydrogen-bond acceptors (Lipinski definition) is 3. The Morgan fingerprint density at radius 2 is 2.25 bits per heavy atom. The van der Waals surface area contributed by atoms with Crippen molar-refractivity contribution in [2.75, 3.05) is 0 Å². The minimum Gasteiger partial charge on any atom is -0.545 e. The van der Waals surface area contributed by atoms with E-state index in [2.05, 4.69) is 4.98 Å². The molecule has 12 heavy (non-hydrogen) atoms. The standard InChI is InChI=1S/C6H3ClINO2.Na/c7-5-4(8)1-3(2-9-5)6(10)11;/h1-2H,(H,10,11);/q;+1/p-1. The van der Waals surface area contributed by atoms with Gasteiger partial charge in [-0.15, -0.1) is 0 Å². The Morgan fingerprint density at radius 3 is 2.67 bits per heavy atom. The smallest absolute Gasteiger partial charge is 0.545 e. The van der Waals surface area contributed by atoms with Crippen molar-refractivity contribution in [3.63, 3.8) is 0 Å². The summed E-state index contributed by atoms with van der Waals surface area (Å²) in [7, 11) is 0. The van der Waals surface area contributed by atoms with Crippen molar-refractivity contribution >= 4 is 40.2 Å². The fourth-order valence-corrected chi connectivity index (χ4v) is 1.11.